The fraction of sp³-hybridized carbons (Fsp3) is 0.269. The third kappa shape index (κ3) is 3.50. The second-order valence-electron chi connectivity index (χ2n) is 8.60. The molecule has 0 bridgehead atoms. The van der Waals surface area contributed by atoms with Gasteiger partial charge in [0.2, 0.25) is 0 Å². The van der Waals surface area contributed by atoms with Crippen molar-refractivity contribution >= 4 is 28.4 Å². The molecule has 7 heteroatoms. The van der Waals surface area contributed by atoms with Crippen molar-refractivity contribution in [3.05, 3.63) is 59.9 Å². The number of carbonyl (C=O) groups excluding carboxylic acids is 1. The predicted molar refractivity (Wildman–Crippen MR) is 133 cm³/mol. The maximum atomic E-state index is 12.9. The number of amides is 1. The van der Waals surface area contributed by atoms with Crippen molar-refractivity contribution in [3.63, 3.8) is 0 Å². The van der Waals surface area contributed by atoms with Gasteiger partial charge in [0.15, 0.2) is 0 Å². The molecule has 1 aliphatic heterocycles. The lowest BCUT2D eigenvalue weighted by molar-refractivity contribution is 0.0792. The van der Waals surface area contributed by atoms with Crippen LogP contribution in [0.2, 0.25) is 0 Å². The van der Waals surface area contributed by atoms with Gasteiger partial charge in [-0.3, -0.25) is 4.79 Å². The number of hydrogen-bond donors (Lipinski definition) is 2. The predicted octanol–water partition coefficient (Wildman–Crippen LogP) is 4.47. The van der Waals surface area contributed by atoms with E-state index in [1.54, 1.807) is 0 Å². The number of nitrogen functional groups attached to an aromatic ring is 1. The average Bonchev–Trinajstić information content (AvgIpc) is 3.46. The maximum absolute atomic E-state index is 12.9. The van der Waals surface area contributed by atoms with Crippen molar-refractivity contribution in [2.24, 2.45) is 7.05 Å². The molecule has 0 radical (unpaired) electrons. The summed E-state index contributed by atoms with van der Waals surface area (Å²) in [7, 11) is 3.90. The Kier molecular flexibility index (Phi) is 5.24. The average molecular weight is 441 g/mol. The molecule has 1 saturated heterocycles. The summed E-state index contributed by atoms with van der Waals surface area (Å²) in [4.78, 5) is 23.7. The van der Waals surface area contributed by atoms with E-state index in [4.69, 9.17) is 5.73 Å². The van der Waals surface area contributed by atoms with Crippen LogP contribution in [0.4, 0.5) is 11.5 Å². The Morgan fingerprint density at radius 2 is 1.79 bits per heavy atom. The quantitative estimate of drug-likeness (QED) is 0.489. The van der Waals surface area contributed by atoms with Gasteiger partial charge in [-0.15, -0.1) is 0 Å². The molecule has 7 nitrogen and oxygen atoms in total. The fourth-order valence-electron chi connectivity index (χ4n) is 4.85. The second-order valence-corrected chi connectivity index (χ2v) is 8.60. The molecule has 3 N–H and O–H groups in total. The molecule has 0 atom stereocenters. The van der Waals surface area contributed by atoms with Crippen LogP contribution in [0, 0.1) is 6.92 Å². The number of hydrogen-bond acceptors (Lipinski definition) is 5. The third-order valence-electron chi connectivity index (χ3n) is 6.58. The summed E-state index contributed by atoms with van der Waals surface area (Å²) in [5, 5.41) is 3.99. The van der Waals surface area contributed by atoms with E-state index in [1.165, 1.54) is 6.33 Å². The molecule has 0 spiro atoms. The number of aryl methyl sites for hydroxylation is 2. The minimum atomic E-state index is 0.103. The lowest BCUT2D eigenvalue weighted by atomic mass is 9.94. The number of nitrogens with one attached hydrogen (secondary N) is 1. The molecule has 1 aliphatic rings. The lowest BCUT2D eigenvalue weighted by Crippen LogP contribution is -2.27. The Morgan fingerprint density at radius 1 is 1.06 bits per heavy atom. The minimum Gasteiger partial charge on any atom is -0.388 e. The summed E-state index contributed by atoms with van der Waals surface area (Å²) < 4.78 is 2.07. The van der Waals surface area contributed by atoms with E-state index >= 15 is 0 Å². The summed E-state index contributed by atoms with van der Waals surface area (Å²) >= 11 is 0. The van der Waals surface area contributed by atoms with E-state index in [2.05, 4.69) is 44.1 Å². The zero-order valence-electron chi connectivity index (χ0n) is 19.2. The Hall–Kier alpha value is -3.87. The molecule has 4 aromatic rings. The molecule has 168 valence electrons. The van der Waals surface area contributed by atoms with Gasteiger partial charge in [0.05, 0.1) is 11.1 Å². The number of likely N-dealkylation sites (tertiary alicyclic amines) is 1. The largest absolute Gasteiger partial charge is 0.388 e. The molecule has 2 aromatic heterocycles. The molecular formula is C26H28N6O. The number of rotatable bonds is 4. The van der Waals surface area contributed by atoms with Crippen molar-refractivity contribution in [3.8, 4) is 22.4 Å². The van der Waals surface area contributed by atoms with Crippen LogP contribution >= 0.6 is 0 Å². The zero-order valence-corrected chi connectivity index (χ0v) is 19.2. The summed E-state index contributed by atoms with van der Waals surface area (Å²) in [6.45, 7) is 3.72. The van der Waals surface area contributed by atoms with Crippen molar-refractivity contribution in [2.45, 2.75) is 19.8 Å². The molecule has 2 aromatic carbocycles. The molecule has 0 aliphatic carbocycles. The van der Waals surface area contributed by atoms with E-state index in [0.29, 0.717) is 5.82 Å². The number of fused-ring (bicyclic) bond motifs is 1. The maximum Gasteiger partial charge on any atom is 0.253 e. The van der Waals surface area contributed by atoms with Crippen LogP contribution < -0.4 is 11.1 Å². The van der Waals surface area contributed by atoms with Gasteiger partial charge in [0.1, 0.15) is 17.8 Å². The highest BCUT2D eigenvalue weighted by Crippen LogP contribution is 2.43. The Morgan fingerprint density at radius 3 is 2.45 bits per heavy atom. The molecule has 33 heavy (non-hydrogen) atoms. The van der Waals surface area contributed by atoms with Gasteiger partial charge >= 0.3 is 0 Å². The van der Waals surface area contributed by atoms with Crippen molar-refractivity contribution in [1.29, 1.82) is 0 Å². The summed E-state index contributed by atoms with van der Waals surface area (Å²) in [6.07, 6.45) is 3.65. The first-order chi connectivity index (χ1) is 16.0. The molecule has 0 saturated carbocycles. The highest BCUT2D eigenvalue weighted by atomic mass is 16.2. The van der Waals surface area contributed by atoms with Crippen molar-refractivity contribution < 1.29 is 4.79 Å². The Balaban J connectivity index is 1.71. The minimum absolute atomic E-state index is 0.103. The Bertz CT molecular complexity index is 1350. The van der Waals surface area contributed by atoms with Crippen LogP contribution in [0.5, 0.6) is 0 Å². The van der Waals surface area contributed by atoms with Gasteiger partial charge in [-0.25, -0.2) is 9.97 Å². The van der Waals surface area contributed by atoms with Crippen LogP contribution in [0.15, 0.2) is 48.8 Å². The van der Waals surface area contributed by atoms with Crippen molar-refractivity contribution in [2.75, 3.05) is 31.2 Å². The Labute approximate surface area is 193 Å². The van der Waals surface area contributed by atoms with Gasteiger partial charge in [-0.1, -0.05) is 18.2 Å². The molecular weight excluding hydrogens is 412 g/mol. The van der Waals surface area contributed by atoms with Crippen LogP contribution in [-0.4, -0.2) is 45.5 Å². The van der Waals surface area contributed by atoms with E-state index < -0.39 is 0 Å². The lowest BCUT2D eigenvalue weighted by Gasteiger charge is -2.17. The fourth-order valence-corrected chi connectivity index (χ4v) is 4.85. The van der Waals surface area contributed by atoms with Gasteiger partial charge < -0.3 is 20.5 Å². The standard InChI is InChI=1S/C26H28N6O/c1-16-14-18(26(33)32-12-4-5-13-32)8-11-20(16)21-22-24(27)29-15-30-25(22)31(3)23(21)17-6-9-19(28-2)10-7-17/h6-11,14-15,28H,4-5,12-13H2,1-3H3,(H2,27,29,30). The summed E-state index contributed by atoms with van der Waals surface area (Å²) in [5.41, 5.74) is 14.0. The first-order valence-corrected chi connectivity index (χ1v) is 11.3. The van der Waals surface area contributed by atoms with Gasteiger partial charge in [-0.2, -0.15) is 0 Å². The van der Waals surface area contributed by atoms with E-state index in [-0.39, 0.29) is 5.91 Å². The van der Waals surface area contributed by atoms with Gasteiger partial charge in [-0.05, 0) is 60.7 Å². The molecule has 5 rings (SSSR count). The molecule has 0 unspecified atom stereocenters. The monoisotopic (exact) mass is 440 g/mol. The van der Waals surface area contributed by atoms with Gasteiger partial charge in [0.25, 0.3) is 5.91 Å². The number of benzene rings is 2. The number of nitrogens with zero attached hydrogens (tertiary/aromatic N) is 4. The SMILES string of the molecule is CNc1ccc(-c2c(-c3ccc(C(=O)N4CCCC4)cc3C)c3c(N)ncnc3n2C)cc1. The third-order valence-corrected chi connectivity index (χ3v) is 6.58. The highest BCUT2D eigenvalue weighted by molar-refractivity contribution is 6.08. The van der Waals surface area contributed by atoms with Crippen LogP contribution in [-0.2, 0) is 7.05 Å². The number of nitrogens with two attached hydrogens (primary N) is 1. The van der Waals surface area contributed by atoms with Crippen molar-refractivity contribution in [1.82, 2.24) is 19.4 Å². The van der Waals surface area contributed by atoms with Crippen LogP contribution in [0.1, 0.15) is 28.8 Å². The summed E-state index contributed by atoms with van der Waals surface area (Å²) in [6, 6.07) is 14.2. The first-order valence-electron chi connectivity index (χ1n) is 11.3. The van der Waals surface area contributed by atoms with Crippen LogP contribution in [0.3, 0.4) is 0 Å². The second kappa shape index (κ2) is 8.24. The summed E-state index contributed by atoms with van der Waals surface area (Å²) in [5.74, 6) is 0.547. The van der Waals surface area contributed by atoms with E-state index in [9.17, 15) is 4.79 Å². The number of aromatic nitrogens is 3. The van der Waals surface area contributed by atoms with E-state index in [0.717, 1.165) is 76.2 Å². The highest BCUT2D eigenvalue weighted by Gasteiger charge is 2.24. The smallest absolute Gasteiger partial charge is 0.253 e. The molecule has 3 heterocycles. The van der Waals surface area contributed by atoms with Crippen LogP contribution in [0.25, 0.3) is 33.4 Å². The number of carbonyl (C=O) groups is 1. The topological polar surface area (TPSA) is 89.1 Å². The molecule has 1 amide bonds. The normalized spacial score (nSPS) is 13.6. The van der Waals surface area contributed by atoms with Gasteiger partial charge in [0, 0.05) is 44.0 Å². The zero-order chi connectivity index (χ0) is 23.1. The van der Waals surface area contributed by atoms with E-state index in [1.807, 2.05) is 44.1 Å². The number of anilines is 2. The molecule has 1 fully saturated rings. The first kappa shape index (κ1) is 21.0.